The Kier molecular flexibility index (Phi) is 3.94. The average Bonchev–Trinajstić information content (AvgIpc) is 3.32. The second-order valence-electron chi connectivity index (χ2n) is 5.60. The predicted octanol–water partition coefficient (Wildman–Crippen LogP) is 2.42. The van der Waals surface area contributed by atoms with E-state index in [0.717, 1.165) is 23.3 Å². The Balaban J connectivity index is 1.50. The molecule has 0 bridgehead atoms. The molecule has 4 rings (SSSR count). The fraction of sp³-hybridized carbons (Fsp3) is 0.235. The number of hydrogen-bond acceptors (Lipinski definition) is 7. The molecule has 1 aliphatic heterocycles. The molecule has 2 unspecified atom stereocenters. The van der Waals surface area contributed by atoms with Crippen molar-refractivity contribution in [2.45, 2.75) is 18.5 Å². The molecular weight excluding hydrogens is 306 g/mol. The maximum atomic E-state index is 5.42. The van der Waals surface area contributed by atoms with Crippen LogP contribution in [0.3, 0.4) is 0 Å². The van der Waals surface area contributed by atoms with E-state index in [1.807, 2.05) is 30.3 Å². The number of nitrogens with zero attached hydrogens (tertiary/aromatic N) is 3. The van der Waals surface area contributed by atoms with Crippen LogP contribution in [0.4, 0.5) is 0 Å². The van der Waals surface area contributed by atoms with Crippen LogP contribution in [0, 0.1) is 0 Å². The zero-order chi connectivity index (χ0) is 16.4. The molecule has 24 heavy (non-hydrogen) atoms. The molecule has 1 aromatic carbocycles. The zero-order valence-corrected chi connectivity index (χ0v) is 13.1. The molecule has 0 spiro atoms. The standard InChI is InChI=1S/C17H17N5O2/c1-23-13-6-2-4-11(8-13)14-9-15(21-20-14)17-19-16(22-24-17)12-5-3-7-18-10-12/h2-8,10,14-15,20-21H,9H2,1H3. The van der Waals surface area contributed by atoms with Gasteiger partial charge in [-0.15, -0.1) is 0 Å². The maximum Gasteiger partial charge on any atom is 0.245 e. The van der Waals surface area contributed by atoms with Crippen LogP contribution in [-0.2, 0) is 0 Å². The highest BCUT2D eigenvalue weighted by Crippen LogP contribution is 2.32. The Morgan fingerprint density at radius 1 is 1.17 bits per heavy atom. The number of hydrogen-bond donors (Lipinski definition) is 2. The molecule has 0 saturated carbocycles. The molecule has 2 atom stereocenters. The molecular formula is C17H17N5O2. The summed E-state index contributed by atoms with van der Waals surface area (Å²) < 4.78 is 10.7. The molecule has 3 heterocycles. The summed E-state index contributed by atoms with van der Waals surface area (Å²) in [6.07, 6.45) is 4.24. The van der Waals surface area contributed by atoms with Gasteiger partial charge in [0.1, 0.15) is 11.8 Å². The van der Waals surface area contributed by atoms with E-state index in [-0.39, 0.29) is 12.1 Å². The Morgan fingerprint density at radius 3 is 2.92 bits per heavy atom. The summed E-state index contributed by atoms with van der Waals surface area (Å²) in [5, 5.41) is 4.04. The smallest absolute Gasteiger partial charge is 0.245 e. The molecule has 0 aliphatic carbocycles. The van der Waals surface area contributed by atoms with Crippen molar-refractivity contribution in [3.05, 3.63) is 60.2 Å². The lowest BCUT2D eigenvalue weighted by Gasteiger charge is -2.10. The molecule has 3 aromatic rings. The van der Waals surface area contributed by atoms with E-state index in [9.17, 15) is 0 Å². The topological polar surface area (TPSA) is 85.1 Å². The molecule has 1 saturated heterocycles. The first kappa shape index (κ1) is 14.8. The van der Waals surface area contributed by atoms with Crippen molar-refractivity contribution in [2.24, 2.45) is 0 Å². The molecule has 1 fully saturated rings. The van der Waals surface area contributed by atoms with Crippen molar-refractivity contribution < 1.29 is 9.26 Å². The summed E-state index contributed by atoms with van der Waals surface area (Å²) in [7, 11) is 1.67. The highest BCUT2D eigenvalue weighted by atomic mass is 16.5. The molecule has 2 N–H and O–H groups in total. The van der Waals surface area contributed by atoms with Crippen molar-refractivity contribution in [1.82, 2.24) is 26.0 Å². The lowest BCUT2D eigenvalue weighted by molar-refractivity contribution is 0.340. The molecule has 7 nitrogen and oxygen atoms in total. The highest BCUT2D eigenvalue weighted by molar-refractivity contribution is 5.51. The Labute approximate surface area is 139 Å². The van der Waals surface area contributed by atoms with Crippen molar-refractivity contribution in [1.29, 1.82) is 0 Å². The van der Waals surface area contributed by atoms with Crippen molar-refractivity contribution in [3.63, 3.8) is 0 Å². The molecule has 0 amide bonds. The summed E-state index contributed by atoms with van der Waals surface area (Å²) in [6.45, 7) is 0. The first-order valence-corrected chi connectivity index (χ1v) is 7.72. The number of ether oxygens (including phenoxy) is 1. The van der Waals surface area contributed by atoms with E-state index in [4.69, 9.17) is 9.26 Å². The number of hydrazine groups is 1. The van der Waals surface area contributed by atoms with Gasteiger partial charge >= 0.3 is 0 Å². The lowest BCUT2D eigenvalue weighted by atomic mass is 10.0. The van der Waals surface area contributed by atoms with E-state index < -0.39 is 0 Å². The first-order valence-electron chi connectivity index (χ1n) is 7.72. The van der Waals surface area contributed by atoms with E-state index in [1.54, 1.807) is 19.5 Å². The Morgan fingerprint density at radius 2 is 2.08 bits per heavy atom. The van der Waals surface area contributed by atoms with Gasteiger partial charge in [0.2, 0.25) is 11.7 Å². The van der Waals surface area contributed by atoms with Crippen LogP contribution in [0.2, 0.25) is 0 Å². The van der Waals surface area contributed by atoms with Crippen LogP contribution < -0.4 is 15.6 Å². The zero-order valence-electron chi connectivity index (χ0n) is 13.1. The Hall–Kier alpha value is -2.77. The van der Waals surface area contributed by atoms with Crippen molar-refractivity contribution in [2.75, 3.05) is 7.11 Å². The van der Waals surface area contributed by atoms with Gasteiger partial charge < -0.3 is 9.26 Å². The third-order valence-electron chi connectivity index (χ3n) is 4.06. The van der Waals surface area contributed by atoms with Gasteiger partial charge in [0, 0.05) is 24.0 Å². The van der Waals surface area contributed by atoms with Crippen molar-refractivity contribution in [3.8, 4) is 17.1 Å². The molecule has 122 valence electrons. The van der Waals surface area contributed by atoms with Crippen LogP contribution in [0.25, 0.3) is 11.4 Å². The van der Waals surface area contributed by atoms with Gasteiger partial charge in [-0.3, -0.25) is 4.98 Å². The van der Waals surface area contributed by atoms with E-state index in [1.165, 1.54) is 0 Å². The van der Waals surface area contributed by atoms with Gasteiger partial charge in [0.05, 0.1) is 7.11 Å². The summed E-state index contributed by atoms with van der Waals surface area (Å²) in [5.41, 5.74) is 8.48. The molecule has 7 heteroatoms. The van der Waals surface area contributed by atoms with Gasteiger partial charge in [0.15, 0.2) is 0 Å². The van der Waals surface area contributed by atoms with Gasteiger partial charge in [-0.25, -0.2) is 10.9 Å². The third-order valence-corrected chi connectivity index (χ3v) is 4.06. The summed E-state index contributed by atoms with van der Waals surface area (Å²) in [5.74, 6) is 1.95. The minimum atomic E-state index is -0.0425. The summed E-state index contributed by atoms with van der Waals surface area (Å²) in [6, 6.07) is 11.9. The second kappa shape index (κ2) is 6.38. The Bertz CT molecular complexity index is 821. The van der Waals surface area contributed by atoms with E-state index in [0.29, 0.717) is 11.7 Å². The number of nitrogens with one attached hydrogen (secondary N) is 2. The molecule has 0 radical (unpaired) electrons. The van der Waals surface area contributed by atoms with E-state index in [2.05, 4.69) is 32.0 Å². The maximum absolute atomic E-state index is 5.42. The fourth-order valence-corrected chi connectivity index (χ4v) is 2.78. The third kappa shape index (κ3) is 2.86. The minimum absolute atomic E-state index is 0.0425. The highest BCUT2D eigenvalue weighted by Gasteiger charge is 2.30. The fourth-order valence-electron chi connectivity index (χ4n) is 2.78. The largest absolute Gasteiger partial charge is 0.497 e. The normalized spacial score (nSPS) is 20.2. The molecule has 1 aliphatic rings. The summed E-state index contributed by atoms with van der Waals surface area (Å²) >= 11 is 0. The van der Waals surface area contributed by atoms with Gasteiger partial charge in [-0.05, 0) is 36.2 Å². The molecule has 2 aromatic heterocycles. The van der Waals surface area contributed by atoms with Crippen LogP contribution >= 0.6 is 0 Å². The number of methoxy groups -OCH3 is 1. The van der Waals surface area contributed by atoms with Gasteiger partial charge in [-0.2, -0.15) is 4.98 Å². The first-order chi connectivity index (χ1) is 11.8. The monoisotopic (exact) mass is 323 g/mol. The SMILES string of the molecule is COc1cccc(C2CC(c3nc(-c4cccnc4)no3)NN2)c1. The van der Waals surface area contributed by atoms with E-state index >= 15 is 0 Å². The minimum Gasteiger partial charge on any atom is -0.497 e. The van der Waals surface area contributed by atoms with Gasteiger partial charge in [0.25, 0.3) is 0 Å². The van der Waals surface area contributed by atoms with Crippen LogP contribution in [0.1, 0.15) is 30.0 Å². The predicted molar refractivity (Wildman–Crippen MR) is 86.9 cm³/mol. The van der Waals surface area contributed by atoms with Crippen molar-refractivity contribution >= 4 is 0 Å². The number of aromatic nitrogens is 3. The summed E-state index contributed by atoms with van der Waals surface area (Å²) in [4.78, 5) is 8.55. The number of pyridine rings is 1. The lowest BCUT2D eigenvalue weighted by Crippen LogP contribution is -2.26. The number of benzene rings is 1. The van der Waals surface area contributed by atoms with Crippen LogP contribution in [-0.4, -0.2) is 22.2 Å². The van der Waals surface area contributed by atoms with Crippen LogP contribution in [0.15, 0.2) is 53.3 Å². The van der Waals surface area contributed by atoms with Gasteiger partial charge in [-0.1, -0.05) is 17.3 Å². The quantitative estimate of drug-likeness (QED) is 0.762. The number of rotatable bonds is 4. The average molecular weight is 323 g/mol. The second-order valence-corrected chi connectivity index (χ2v) is 5.60. The van der Waals surface area contributed by atoms with Crippen LogP contribution in [0.5, 0.6) is 5.75 Å².